The molecular formula is C14H18F4N2O. The molecule has 0 heterocycles. The number of amides is 1. The summed E-state index contributed by atoms with van der Waals surface area (Å²) in [5.41, 5.74) is -1.31. The number of benzene rings is 1. The Morgan fingerprint density at radius 1 is 1.24 bits per heavy atom. The lowest BCUT2D eigenvalue weighted by atomic mass is 10.1. The Kier molecular flexibility index (Phi) is 5.99. The Morgan fingerprint density at radius 2 is 1.86 bits per heavy atom. The molecule has 1 rings (SSSR count). The lowest BCUT2D eigenvalue weighted by Crippen LogP contribution is -2.37. The summed E-state index contributed by atoms with van der Waals surface area (Å²) in [6, 6.07) is 2.04. The normalized spacial score (nSPS) is 11.6. The average Bonchev–Trinajstić information content (AvgIpc) is 2.42. The molecule has 0 fully saturated rings. The van der Waals surface area contributed by atoms with Crippen LogP contribution in [0.5, 0.6) is 0 Å². The molecule has 0 aliphatic rings. The SMILES string of the molecule is CCC(CC)NC(=O)CNc1cc(C(F)(F)F)ccc1F. The van der Waals surface area contributed by atoms with Crippen molar-refractivity contribution in [3.05, 3.63) is 29.6 Å². The van der Waals surface area contributed by atoms with Gasteiger partial charge in [-0.3, -0.25) is 4.79 Å². The van der Waals surface area contributed by atoms with Crippen LogP contribution in [0.2, 0.25) is 0 Å². The molecule has 118 valence electrons. The van der Waals surface area contributed by atoms with E-state index in [1.54, 1.807) is 0 Å². The smallest absolute Gasteiger partial charge is 0.374 e. The second-order valence-corrected chi connectivity index (χ2v) is 4.63. The van der Waals surface area contributed by atoms with Crippen LogP contribution in [0.25, 0.3) is 0 Å². The molecule has 1 aromatic carbocycles. The number of rotatable bonds is 6. The minimum absolute atomic E-state index is 0.00524. The molecule has 1 aromatic rings. The van der Waals surface area contributed by atoms with Gasteiger partial charge in [0.1, 0.15) is 5.82 Å². The van der Waals surface area contributed by atoms with Gasteiger partial charge >= 0.3 is 6.18 Å². The van der Waals surface area contributed by atoms with E-state index in [4.69, 9.17) is 0 Å². The van der Waals surface area contributed by atoms with Gasteiger partial charge < -0.3 is 10.6 Å². The molecule has 0 unspecified atom stereocenters. The van der Waals surface area contributed by atoms with Gasteiger partial charge in [-0.25, -0.2) is 4.39 Å². The number of alkyl halides is 3. The van der Waals surface area contributed by atoms with Gasteiger partial charge in [-0.2, -0.15) is 13.2 Å². The van der Waals surface area contributed by atoms with Gasteiger partial charge in [-0.05, 0) is 31.0 Å². The van der Waals surface area contributed by atoms with Crippen molar-refractivity contribution in [1.29, 1.82) is 0 Å². The number of nitrogens with one attached hydrogen (secondary N) is 2. The zero-order valence-corrected chi connectivity index (χ0v) is 11.9. The average molecular weight is 306 g/mol. The van der Waals surface area contributed by atoms with Crippen molar-refractivity contribution in [1.82, 2.24) is 5.32 Å². The first kappa shape index (κ1) is 17.3. The van der Waals surface area contributed by atoms with Crippen molar-refractivity contribution in [3.8, 4) is 0 Å². The second kappa shape index (κ2) is 7.28. The highest BCUT2D eigenvalue weighted by atomic mass is 19.4. The first-order valence-corrected chi connectivity index (χ1v) is 6.67. The third kappa shape index (κ3) is 5.24. The van der Waals surface area contributed by atoms with Crippen LogP contribution in [-0.2, 0) is 11.0 Å². The second-order valence-electron chi connectivity index (χ2n) is 4.63. The Balaban J connectivity index is 2.69. The van der Waals surface area contributed by atoms with Crippen LogP contribution in [0.3, 0.4) is 0 Å². The summed E-state index contributed by atoms with van der Waals surface area (Å²) in [5.74, 6) is -1.22. The fourth-order valence-electron chi connectivity index (χ4n) is 1.78. The molecule has 0 aromatic heterocycles. The molecule has 0 atom stereocenters. The summed E-state index contributed by atoms with van der Waals surface area (Å²) in [4.78, 5) is 11.6. The monoisotopic (exact) mass is 306 g/mol. The van der Waals surface area contributed by atoms with Crippen LogP contribution in [0.15, 0.2) is 18.2 Å². The number of halogens is 4. The van der Waals surface area contributed by atoms with E-state index in [1.165, 1.54) is 0 Å². The maximum Gasteiger partial charge on any atom is 0.416 e. The fourth-order valence-corrected chi connectivity index (χ4v) is 1.78. The molecule has 2 N–H and O–H groups in total. The predicted octanol–water partition coefficient (Wildman–Crippen LogP) is 3.56. The van der Waals surface area contributed by atoms with E-state index in [2.05, 4.69) is 10.6 Å². The van der Waals surface area contributed by atoms with Crippen molar-refractivity contribution < 1.29 is 22.4 Å². The molecule has 0 aliphatic heterocycles. The van der Waals surface area contributed by atoms with E-state index in [9.17, 15) is 22.4 Å². The van der Waals surface area contributed by atoms with E-state index < -0.39 is 17.6 Å². The molecular weight excluding hydrogens is 288 g/mol. The number of carbonyl (C=O) groups is 1. The Labute approximate surface area is 120 Å². The van der Waals surface area contributed by atoms with Gasteiger partial charge in [0.2, 0.25) is 5.91 Å². The topological polar surface area (TPSA) is 41.1 Å². The van der Waals surface area contributed by atoms with Crippen molar-refractivity contribution >= 4 is 11.6 Å². The summed E-state index contributed by atoms with van der Waals surface area (Å²) in [6.07, 6.45) is -3.05. The minimum atomic E-state index is -4.55. The first-order valence-electron chi connectivity index (χ1n) is 6.67. The number of hydrogen-bond donors (Lipinski definition) is 2. The largest absolute Gasteiger partial charge is 0.416 e. The molecule has 0 radical (unpaired) electrons. The van der Waals surface area contributed by atoms with E-state index in [0.717, 1.165) is 18.9 Å². The summed E-state index contributed by atoms with van der Waals surface area (Å²) in [7, 11) is 0. The number of anilines is 1. The van der Waals surface area contributed by atoms with E-state index in [0.29, 0.717) is 12.1 Å². The van der Waals surface area contributed by atoms with Crippen LogP contribution in [0, 0.1) is 5.82 Å². The van der Waals surface area contributed by atoms with E-state index >= 15 is 0 Å². The van der Waals surface area contributed by atoms with Crippen molar-refractivity contribution in [2.45, 2.75) is 38.9 Å². The molecule has 0 saturated heterocycles. The van der Waals surface area contributed by atoms with Crippen LogP contribution >= 0.6 is 0 Å². The Bertz CT molecular complexity index is 484. The number of carbonyl (C=O) groups excluding carboxylic acids is 1. The van der Waals surface area contributed by atoms with Gasteiger partial charge in [-0.1, -0.05) is 13.8 Å². The van der Waals surface area contributed by atoms with Gasteiger partial charge in [-0.15, -0.1) is 0 Å². The minimum Gasteiger partial charge on any atom is -0.374 e. The van der Waals surface area contributed by atoms with E-state index in [1.807, 2.05) is 13.8 Å². The highest BCUT2D eigenvalue weighted by molar-refractivity contribution is 5.81. The summed E-state index contributed by atoms with van der Waals surface area (Å²) in [6.45, 7) is 3.54. The molecule has 0 saturated carbocycles. The zero-order valence-electron chi connectivity index (χ0n) is 11.9. The molecule has 0 aliphatic carbocycles. The molecule has 0 bridgehead atoms. The molecule has 3 nitrogen and oxygen atoms in total. The Morgan fingerprint density at radius 3 is 2.38 bits per heavy atom. The maximum absolute atomic E-state index is 13.4. The van der Waals surface area contributed by atoms with Gasteiger partial charge in [0, 0.05) is 6.04 Å². The summed E-state index contributed by atoms with van der Waals surface area (Å²) < 4.78 is 51.0. The van der Waals surface area contributed by atoms with Gasteiger partial charge in [0.15, 0.2) is 0 Å². The maximum atomic E-state index is 13.4. The van der Waals surface area contributed by atoms with Crippen molar-refractivity contribution in [2.75, 3.05) is 11.9 Å². The highest BCUT2D eigenvalue weighted by Gasteiger charge is 2.31. The van der Waals surface area contributed by atoms with E-state index in [-0.39, 0.29) is 24.2 Å². The lowest BCUT2D eigenvalue weighted by molar-refractivity contribution is -0.137. The summed E-state index contributed by atoms with van der Waals surface area (Å²) >= 11 is 0. The highest BCUT2D eigenvalue weighted by Crippen LogP contribution is 2.31. The first-order chi connectivity index (χ1) is 9.77. The van der Waals surface area contributed by atoms with Gasteiger partial charge in [0.05, 0.1) is 17.8 Å². The number of hydrogen-bond acceptors (Lipinski definition) is 2. The molecule has 1 amide bonds. The molecule has 7 heteroatoms. The zero-order chi connectivity index (χ0) is 16.0. The fraction of sp³-hybridized carbons (Fsp3) is 0.500. The lowest BCUT2D eigenvalue weighted by Gasteiger charge is -2.16. The third-order valence-electron chi connectivity index (χ3n) is 3.08. The third-order valence-corrected chi connectivity index (χ3v) is 3.08. The van der Waals surface area contributed by atoms with Crippen LogP contribution in [0.1, 0.15) is 32.3 Å². The predicted molar refractivity (Wildman–Crippen MR) is 72.4 cm³/mol. The van der Waals surface area contributed by atoms with Crippen molar-refractivity contribution in [3.63, 3.8) is 0 Å². The molecule has 21 heavy (non-hydrogen) atoms. The van der Waals surface area contributed by atoms with Crippen LogP contribution in [0.4, 0.5) is 23.2 Å². The quantitative estimate of drug-likeness (QED) is 0.789. The van der Waals surface area contributed by atoms with Gasteiger partial charge in [0.25, 0.3) is 0 Å². The van der Waals surface area contributed by atoms with Crippen molar-refractivity contribution in [2.24, 2.45) is 0 Å². The Hall–Kier alpha value is -1.79. The van der Waals surface area contributed by atoms with Crippen LogP contribution < -0.4 is 10.6 Å². The summed E-state index contributed by atoms with van der Waals surface area (Å²) in [5, 5.41) is 5.10. The van der Waals surface area contributed by atoms with Crippen LogP contribution in [-0.4, -0.2) is 18.5 Å². The molecule has 0 spiro atoms. The standard InChI is InChI=1S/C14H18F4N2O/c1-3-10(4-2)20-13(21)8-19-12-7-9(14(16,17)18)5-6-11(12)15/h5-7,10,19H,3-4,8H2,1-2H3,(H,20,21).